The van der Waals surface area contributed by atoms with Gasteiger partial charge < -0.3 is 5.32 Å². The average molecular weight is 292 g/mol. The Morgan fingerprint density at radius 3 is 2.71 bits per heavy atom. The fraction of sp³-hybridized carbons (Fsp3) is 0.750. The molecule has 5 heteroatoms. The van der Waals surface area contributed by atoms with Crippen LogP contribution in [0.4, 0.5) is 10.6 Å². The van der Waals surface area contributed by atoms with E-state index in [2.05, 4.69) is 36.5 Å². The normalized spacial score (nSPS) is 25.9. The first-order chi connectivity index (χ1) is 9.86. The number of nitrogens with zero attached hydrogens (tertiary/aromatic N) is 2. The van der Waals surface area contributed by atoms with Crippen molar-refractivity contribution in [3.8, 4) is 0 Å². The Balaban J connectivity index is 1.98. The van der Waals surface area contributed by atoms with Crippen molar-refractivity contribution in [2.75, 3.05) is 5.32 Å². The van der Waals surface area contributed by atoms with E-state index in [0.29, 0.717) is 17.8 Å². The van der Waals surface area contributed by atoms with E-state index in [1.54, 1.807) is 4.68 Å². The molecule has 1 fully saturated rings. The van der Waals surface area contributed by atoms with Gasteiger partial charge in [-0.1, -0.05) is 27.2 Å². The molecular weight excluding hydrogens is 264 g/mol. The molecule has 0 unspecified atom stereocenters. The predicted octanol–water partition coefficient (Wildman–Crippen LogP) is 3.31. The van der Waals surface area contributed by atoms with Gasteiger partial charge in [0.1, 0.15) is 5.82 Å². The van der Waals surface area contributed by atoms with E-state index in [9.17, 15) is 4.79 Å². The van der Waals surface area contributed by atoms with E-state index in [1.165, 1.54) is 12.8 Å². The number of rotatable bonds is 3. The molecule has 0 aromatic carbocycles. The Morgan fingerprint density at radius 2 is 2.14 bits per heavy atom. The van der Waals surface area contributed by atoms with Gasteiger partial charge in [0, 0.05) is 19.2 Å². The van der Waals surface area contributed by atoms with Gasteiger partial charge in [-0.3, -0.25) is 10.00 Å². The van der Waals surface area contributed by atoms with Crippen molar-refractivity contribution in [2.45, 2.75) is 53.0 Å². The molecule has 0 radical (unpaired) electrons. The first-order valence-electron chi connectivity index (χ1n) is 7.95. The molecule has 5 nitrogen and oxygen atoms in total. The fourth-order valence-electron chi connectivity index (χ4n) is 3.42. The standard InChI is InChI=1S/C16H28N4O/c1-10(2)13-7-6-11(3)8-14(13)17-16(21)18-15-9-12(4)19-20(15)5/h9-11,13-14H,6-8H2,1-5H3,(H2,17,18,21)/t11-,13-,14-/m1/s1. The number of aromatic nitrogens is 2. The highest BCUT2D eigenvalue weighted by molar-refractivity contribution is 5.88. The summed E-state index contributed by atoms with van der Waals surface area (Å²) in [7, 11) is 1.84. The molecule has 0 aliphatic heterocycles. The van der Waals surface area contributed by atoms with Gasteiger partial charge in [0.15, 0.2) is 0 Å². The highest BCUT2D eigenvalue weighted by Crippen LogP contribution is 2.33. The Morgan fingerprint density at radius 1 is 1.43 bits per heavy atom. The minimum absolute atomic E-state index is 0.122. The highest BCUT2D eigenvalue weighted by Gasteiger charge is 2.31. The zero-order chi connectivity index (χ0) is 15.6. The van der Waals surface area contributed by atoms with Crippen LogP contribution in [0, 0.1) is 24.7 Å². The molecule has 1 aliphatic carbocycles. The molecule has 1 saturated carbocycles. The third kappa shape index (κ3) is 3.99. The van der Waals surface area contributed by atoms with Crippen molar-refractivity contribution in [2.24, 2.45) is 24.8 Å². The fourth-order valence-corrected chi connectivity index (χ4v) is 3.42. The number of hydrogen-bond acceptors (Lipinski definition) is 2. The molecule has 1 aliphatic rings. The number of aryl methyl sites for hydroxylation is 2. The minimum atomic E-state index is -0.122. The van der Waals surface area contributed by atoms with Crippen LogP contribution in [-0.2, 0) is 7.05 Å². The van der Waals surface area contributed by atoms with Gasteiger partial charge >= 0.3 is 6.03 Å². The van der Waals surface area contributed by atoms with E-state index < -0.39 is 0 Å². The summed E-state index contributed by atoms with van der Waals surface area (Å²) in [5, 5.41) is 10.3. The van der Waals surface area contributed by atoms with Crippen LogP contribution in [0.25, 0.3) is 0 Å². The van der Waals surface area contributed by atoms with Crippen LogP contribution >= 0.6 is 0 Å². The number of carbonyl (C=O) groups excluding carboxylic acids is 1. The van der Waals surface area contributed by atoms with Crippen molar-refractivity contribution >= 4 is 11.8 Å². The Hall–Kier alpha value is -1.52. The lowest BCUT2D eigenvalue weighted by Gasteiger charge is -2.37. The summed E-state index contributed by atoms with van der Waals surface area (Å²) in [5.74, 6) is 2.58. The molecule has 2 N–H and O–H groups in total. The van der Waals surface area contributed by atoms with Gasteiger partial charge in [0.05, 0.1) is 5.69 Å². The second kappa shape index (κ2) is 6.50. The average Bonchev–Trinajstić information content (AvgIpc) is 2.67. The van der Waals surface area contributed by atoms with E-state index in [1.807, 2.05) is 20.0 Å². The maximum Gasteiger partial charge on any atom is 0.320 e. The van der Waals surface area contributed by atoms with Gasteiger partial charge in [-0.25, -0.2) is 4.79 Å². The summed E-state index contributed by atoms with van der Waals surface area (Å²) in [5.41, 5.74) is 0.902. The van der Waals surface area contributed by atoms with E-state index in [-0.39, 0.29) is 12.1 Å². The van der Waals surface area contributed by atoms with Crippen molar-refractivity contribution < 1.29 is 4.79 Å². The SMILES string of the molecule is Cc1cc(NC(=O)N[C@@H]2C[C@H](C)CC[C@@H]2C(C)C)n(C)n1. The second-order valence-corrected chi connectivity index (χ2v) is 6.83. The van der Waals surface area contributed by atoms with E-state index in [4.69, 9.17) is 0 Å². The molecule has 3 atom stereocenters. The number of hydrogen-bond donors (Lipinski definition) is 2. The van der Waals surface area contributed by atoms with E-state index >= 15 is 0 Å². The molecule has 0 bridgehead atoms. The summed E-state index contributed by atoms with van der Waals surface area (Å²) in [6.07, 6.45) is 3.54. The number of carbonyl (C=O) groups is 1. The van der Waals surface area contributed by atoms with Crippen LogP contribution in [-0.4, -0.2) is 21.9 Å². The zero-order valence-corrected chi connectivity index (χ0v) is 13.8. The third-order valence-corrected chi connectivity index (χ3v) is 4.58. The second-order valence-electron chi connectivity index (χ2n) is 6.83. The summed E-state index contributed by atoms with van der Waals surface area (Å²) >= 11 is 0. The van der Waals surface area contributed by atoms with Crippen molar-refractivity contribution in [1.29, 1.82) is 0 Å². The number of anilines is 1. The monoisotopic (exact) mass is 292 g/mol. The molecule has 21 heavy (non-hydrogen) atoms. The summed E-state index contributed by atoms with van der Waals surface area (Å²) in [6, 6.07) is 2.02. The van der Waals surface area contributed by atoms with Crippen LogP contribution in [0.2, 0.25) is 0 Å². The Labute approximate surface area is 127 Å². The maximum atomic E-state index is 12.3. The van der Waals surface area contributed by atoms with Crippen LogP contribution < -0.4 is 10.6 Å². The third-order valence-electron chi connectivity index (χ3n) is 4.58. The molecule has 0 saturated heterocycles. The van der Waals surface area contributed by atoms with Crippen molar-refractivity contribution in [3.05, 3.63) is 11.8 Å². The zero-order valence-electron chi connectivity index (χ0n) is 13.8. The van der Waals surface area contributed by atoms with Crippen molar-refractivity contribution in [1.82, 2.24) is 15.1 Å². The number of urea groups is 1. The smallest absolute Gasteiger partial charge is 0.320 e. The Bertz CT molecular complexity index is 494. The molecular formula is C16H28N4O. The van der Waals surface area contributed by atoms with Crippen LogP contribution in [0.15, 0.2) is 6.07 Å². The minimum Gasteiger partial charge on any atom is -0.335 e. The van der Waals surface area contributed by atoms with Crippen LogP contribution in [0.1, 0.15) is 45.7 Å². The van der Waals surface area contributed by atoms with Gasteiger partial charge in [0.2, 0.25) is 0 Å². The number of amides is 2. The van der Waals surface area contributed by atoms with Crippen LogP contribution in [0.5, 0.6) is 0 Å². The van der Waals surface area contributed by atoms with Crippen LogP contribution in [0.3, 0.4) is 0 Å². The largest absolute Gasteiger partial charge is 0.335 e. The first-order valence-corrected chi connectivity index (χ1v) is 7.95. The molecule has 2 amide bonds. The van der Waals surface area contributed by atoms with Gasteiger partial charge in [0.25, 0.3) is 0 Å². The summed E-state index contributed by atoms with van der Waals surface area (Å²) in [6.45, 7) is 8.68. The van der Waals surface area contributed by atoms with Crippen molar-refractivity contribution in [3.63, 3.8) is 0 Å². The Kier molecular flexibility index (Phi) is 4.91. The highest BCUT2D eigenvalue weighted by atomic mass is 16.2. The summed E-state index contributed by atoms with van der Waals surface area (Å²) in [4.78, 5) is 12.3. The lowest BCUT2D eigenvalue weighted by atomic mass is 9.74. The first kappa shape index (κ1) is 15.9. The molecule has 118 valence electrons. The topological polar surface area (TPSA) is 59.0 Å². The molecule has 1 aromatic rings. The molecule has 2 rings (SSSR count). The summed E-state index contributed by atoms with van der Waals surface area (Å²) < 4.78 is 1.69. The predicted molar refractivity (Wildman–Crippen MR) is 85.2 cm³/mol. The number of nitrogens with one attached hydrogen (secondary N) is 2. The van der Waals surface area contributed by atoms with E-state index in [0.717, 1.165) is 17.9 Å². The maximum absolute atomic E-state index is 12.3. The molecule has 1 heterocycles. The lowest BCUT2D eigenvalue weighted by molar-refractivity contribution is 0.172. The van der Waals surface area contributed by atoms with Gasteiger partial charge in [-0.05, 0) is 37.5 Å². The quantitative estimate of drug-likeness (QED) is 0.898. The lowest BCUT2D eigenvalue weighted by Crippen LogP contribution is -2.47. The molecule has 0 spiro atoms. The van der Waals surface area contributed by atoms with Gasteiger partial charge in [-0.15, -0.1) is 0 Å². The van der Waals surface area contributed by atoms with Gasteiger partial charge in [-0.2, -0.15) is 5.10 Å². The molecule has 1 aromatic heterocycles.